The molecule has 8 heteroatoms. The van der Waals surface area contributed by atoms with Gasteiger partial charge in [-0.3, -0.25) is 10.1 Å². The second kappa shape index (κ2) is 7.51. The predicted molar refractivity (Wildman–Crippen MR) is 89.5 cm³/mol. The molecule has 22 heavy (non-hydrogen) atoms. The van der Waals surface area contributed by atoms with Crippen molar-refractivity contribution in [3.63, 3.8) is 0 Å². The molecule has 0 fully saturated rings. The van der Waals surface area contributed by atoms with E-state index in [-0.39, 0.29) is 17.9 Å². The van der Waals surface area contributed by atoms with Crippen LogP contribution < -0.4 is 10.6 Å². The summed E-state index contributed by atoms with van der Waals surface area (Å²) in [5, 5.41) is 5.92. The second-order valence-electron chi connectivity index (χ2n) is 4.68. The first-order valence-electron chi connectivity index (χ1n) is 7.06. The fourth-order valence-corrected chi connectivity index (χ4v) is 3.06. The van der Waals surface area contributed by atoms with Crippen LogP contribution in [0.1, 0.15) is 43.4 Å². The molecule has 1 unspecified atom stereocenters. The highest BCUT2D eigenvalue weighted by molar-refractivity contribution is 7.16. The Morgan fingerprint density at radius 1 is 1.27 bits per heavy atom. The van der Waals surface area contributed by atoms with Crippen LogP contribution in [-0.4, -0.2) is 20.9 Å². The predicted octanol–water partition coefficient (Wildman–Crippen LogP) is 3.81. The van der Waals surface area contributed by atoms with Gasteiger partial charge in [0, 0.05) is 11.3 Å². The minimum absolute atomic E-state index is 0.0639. The van der Waals surface area contributed by atoms with Crippen LogP contribution in [0.2, 0.25) is 4.34 Å². The molecule has 2 rings (SSSR count). The van der Waals surface area contributed by atoms with E-state index in [9.17, 15) is 4.79 Å². The van der Waals surface area contributed by atoms with Crippen LogP contribution in [0.25, 0.3) is 0 Å². The van der Waals surface area contributed by atoms with Crippen LogP contribution in [0.3, 0.4) is 0 Å². The Balaban J connectivity index is 2.18. The van der Waals surface area contributed by atoms with Gasteiger partial charge < -0.3 is 5.32 Å². The lowest BCUT2D eigenvalue weighted by atomic mass is 10.2. The SMILES string of the molecule is CCC(=O)Nc1nc(C)nc(NC(CC)c2ccc(Cl)s2)n1. The molecule has 0 saturated carbocycles. The first-order chi connectivity index (χ1) is 10.5. The number of nitrogens with zero attached hydrogens (tertiary/aromatic N) is 3. The van der Waals surface area contributed by atoms with Gasteiger partial charge >= 0.3 is 0 Å². The van der Waals surface area contributed by atoms with Gasteiger partial charge in [-0.2, -0.15) is 15.0 Å². The van der Waals surface area contributed by atoms with Crippen LogP contribution in [0.15, 0.2) is 12.1 Å². The molecule has 6 nitrogen and oxygen atoms in total. The Morgan fingerprint density at radius 3 is 2.59 bits per heavy atom. The zero-order valence-corrected chi connectivity index (χ0v) is 14.3. The molecule has 0 aliphatic rings. The van der Waals surface area contributed by atoms with Crippen molar-refractivity contribution in [2.24, 2.45) is 0 Å². The lowest BCUT2D eigenvalue weighted by molar-refractivity contribution is -0.115. The average molecular weight is 340 g/mol. The molecule has 2 aromatic heterocycles. The maximum atomic E-state index is 11.5. The molecule has 0 aliphatic heterocycles. The van der Waals surface area contributed by atoms with Gasteiger partial charge in [0.2, 0.25) is 17.8 Å². The largest absolute Gasteiger partial charge is 0.346 e. The molecule has 2 N–H and O–H groups in total. The first-order valence-corrected chi connectivity index (χ1v) is 8.25. The highest BCUT2D eigenvalue weighted by Crippen LogP contribution is 2.30. The minimum Gasteiger partial charge on any atom is -0.346 e. The van der Waals surface area contributed by atoms with Crippen LogP contribution in [-0.2, 0) is 4.79 Å². The van der Waals surface area contributed by atoms with Crippen molar-refractivity contribution in [1.29, 1.82) is 0 Å². The molecule has 0 aliphatic carbocycles. The summed E-state index contributed by atoms with van der Waals surface area (Å²) < 4.78 is 0.748. The minimum atomic E-state index is -0.131. The molecule has 0 saturated heterocycles. The third kappa shape index (κ3) is 4.38. The number of carbonyl (C=O) groups excluding carboxylic acids is 1. The smallest absolute Gasteiger partial charge is 0.234 e. The van der Waals surface area contributed by atoms with Gasteiger partial charge in [0.1, 0.15) is 5.82 Å². The van der Waals surface area contributed by atoms with Crippen molar-refractivity contribution >= 4 is 40.7 Å². The van der Waals surface area contributed by atoms with Gasteiger partial charge in [-0.15, -0.1) is 11.3 Å². The zero-order chi connectivity index (χ0) is 16.1. The van der Waals surface area contributed by atoms with Gasteiger partial charge in [-0.25, -0.2) is 0 Å². The first kappa shape index (κ1) is 16.6. The molecule has 0 radical (unpaired) electrons. The van der Waals surface area contributed by atoms with Crippen molar-refractivity contribution in [3.05, 3.63) is 27.2 Å². The van der Waals surface area contributed by atoms with Crippen LogP contribution >= 0.6 is 22.9 Å². The molecular weight excluding hydrogens is 322 g/mol. The topological polar surface area (TPSA) is 79.8 Å². The van der Waals surface area contributed by atoms with Gasteiger partial charge in [-0.1, -0.05) is 25.4 Å². The average Bonchev–Trinajstić information content (AvgIpc) is 2.90. The van der Waals surface area contributed by atoms with E-state index < -0.39 is 0 Å². The molecule has 1 amide bonds. The summed E-state index contributed by atoms with van der Waals surface area (Å²) in [4.78, 5) is 25.2. The molecule has 0 bridgehead atoms. The summed E-state index contributed by atoms with van der Waals surface area (Å²) in [7, 11) is 0. The summed E-state index contributed by atoms with van der Waals surface area (Å²) in [5.41, 5.74) is 0. The number of hydrogen-bond acceptors (Lipinski definition) is 6. The number of amides is 1. The van der Waals surface area contributed by atoms with Crippen molar-refractivity contribution < 1.29 is 4.79 Å². The lowest BCUT2D eigenvalue weighted by Gasteiger charge is -2.16. The Hall–Kier alpha value is -1.73. The summed E-state index contributed by atoms with van der Waals surface area (Å²) >= 11 is 7.51. The van der Waals surface area contributed by atoms with E-state index in [0.29, 0.717) is 18.2 Å². The molecular formula is C14H18ClN5OS. The fourth-order valence-electron chi connectivity index (χ4n) is 1.86. The lowest BCUT2D eigenvalue weighted by Crippen LogP contribution is -2.16. The molecule has 0 aromatic carbocycles. The Bertz CT molecular complexity index is 660. The monoisotopic (exact) mass is 339 g/mol. The van der Waals surface area contributed by atoms with Gasteiger partial charge in [0.05, 0.1) is 10.4 Å². The van der Waals surface area contributed by atoms with E-state index >= 15 is 0 Å². The molecule has 0 spiro atoms. The zero-order valence-electron chi connectivity index (χ0n) is 12.7. The van der Waals surface area contributed by atoms with E-state index in [1.165, 1.54) is 11.3 Å². The number of halogens is 1. The van der Waals surface area contributed by atoms with Crippen molar-refractivity contribution in [3.8, 4) is 0 Å². The van der Waals surface area contributed by atoms with Crippen LogP contribution in [0, 0.1) is 6.92 Å². The van der Waals surface area contributed by atoms with Crippen molar-refractivity contribution in [1.82, 2.24) is 15.0 Å². The van der Waals surface area contributed by atoms with Crippen LogP contribution in [0.4, 0.5) is 11.9 Å². The number of anilines is 2. The van der Waals surface area contributed by atoms with Crippen molar-refractivity contribution in [2.75, 3.05) is 10.6 Å². The summed E-state index contributed by atoms with van der Waals surface area (Å²) in [6.07, 6.45) is 1.23. The normalized spacial score (nSPS) is 12.0. The molecule has 2 heterocycles. The van der Waals surface area contributed by atoms with E-state index in [1.54, 1.807) is 13.8 Å². The summed E-state index contributed by atoms with van der Waals surface area (Å²) in [5.74, 6) is 1.12. The maximum Gasteiger partial charge on any atom is 0.234 e. The Labute approximate surface area is 138 Å². The standard InChI is InChI=1S/C14H18ClN5OS/c1-4-9(10-6-7-11(15)22-10)18-13-16-8(3)17-14(20-13)19-12(21)5-2/h6-7,9H,4-5H2,1-3H3,(H2,16,17,18,19,20,21). The summed E-state index contributed by atoms with van der Waals surface area (Å²) in [6, 6.07) is 3.92. The van der Waals surface area contributed by atoms with Gasteiger partial charge in [-0.05, 0) is 25.5 Å². The van der Waals surface area contributed by atoms with E-state index in [1.807, 2.05) is 12.1 Å². The number of thiophene rings is 1. The molecule has 1 atom stereocenters. The number of carbonyl (C=O) groups is 1. The number of aryl methyl sites for hydroxylation is 1. The van der Waals surface area contributed by atoms with Crippen LogP contribution in [0.5, 0.6) is 0 Å². The number of hydrogen-bond donors (Lipinski definition) is 2. The highest BCUT2D eigenvalue weighted by Gasteiger charge is 2.14. The number of nitrogens with one attached hydrogen (secondary N) is 2. The van der Waals surface area contributed by atoms with E-state index in [2.05, 4.69) is 32.5 Å². The van der Waals surface area contributed by atoms with E-state index in [4.69, 9.17) is 11.6 Å². The summed E-state index contributed by atoms with van der Waals surface area (Å²) in [6.45, 7) is 5.60. The van der Waals surface area contributed by atoms with Gasteiger partial charge in [0.25, 0.3) is 0 Å². The van der Waals surface area contributed by atoms with Gasteiger partial charge in [0.15, 0.2) is 0 Å². The number of aromatic nitrogens is 3. The Morgan fingerprint density at radius 2 is 2.00 bits per heavy atom. The highest BCUT2D eigenvalue weighted by atomic mass is 35.5. The molecule has 118 valence electrons. The number of rotatable bonds is 6. The van der Waals surface area contributed by atoms with Crippen molar-refractivity contribution in [2.45, 2.75) is 39.7 Å². The third-order valence-corrected chi connectivity index (χ3v) is 4.31. The fraction of sp³-hybridized carbons (Fsp3) is 0.429. The Kier molecular flexibility index (Phi) is 5.68. The maximum absolute atomic E-state index is 11.5. The second-order valence-corrected chi connectivity index (χ2v) is 6.43. The van der Waals surface area contributed by atoms with E-state index in [0.717, 1.165) is 15.6 Å². The third-order valence-electron chi connectivity index (χ3n) is 2.97. The quantitative estimate of drug-likeness (QED) is 0.836. The molecule has 2 aromatic rings.